The maximum absolute atomic E-state index is 12.4. The molecule has 27 heavy (non-hydrogen) atoms. The summed E-state index contributed by atoms with van der Waals surface area (Å²) in [6.07, 6.45) is 1.50. The topological polar surface area (TPSA) is 95.8 Å². The van der Waals surface area contributed by atoms with E-state index in [1.807, 2.05) is 23.6 Å². The van der Waals surface area contributed by atoms with Gasteiger partial charge in [0.2, 0.25) is 11.8 Å². The van der Waals surface area contributed by atoms with Crippen LogP contribution in [-0.2, 0) is 9.59 Å². The first-order valence-electron chi connectivity index (χ1n) is 9.41. The van der Waals surface area contributed by atoms with E-state index >= 15 is 0 Å². The van der Waals surface area contributed by atoms with Crippen LogP contribution in [-0.4, -0.2) is 59.3 Å². The van der Waals surface area contributed by atoms with E-state index in [9.17, 15) is 19.7 Å². The van der Waals surface area contributed by atoms with Gasteiger partial charge in [0.05, 0.1) is 11.5 Å². The van der Waals surface area contributed by atoms with Gasteiger partial charge in [0, 0.05) is 36.3 Å². The SMILES string of the molecule is CCN(CC)C(=O)C1CCN(CC(=O)Nc2ccc(C)c([N+](=O)[O-])c2)CC1. The fourth-order valence-corrected chi connectivity index (χ4v) is 3.42. The van der Waals surface area contributed by atoms with Crippen molar-refractivity contribution in [1.82, 2.24) is 9.80 Å². The average Bonchev–Trinajstić information content (AvgIpc) is 2.64. The second-order valence-corrected chi connectivity index (χ2v) is 6.87. The van der Waals surface area contributed by atoms with E-state index in [-0.39, 0.29) is 30.0 Å². The molecule has 1 aromatic rings. The zero-order chi connectivity index (χ0) is 20.0. The van der Waals surface area contributed by atoms with Crippen LogP contribution < -0.4 is 5.32 Å². The molecule has 148 valence electrons. The smallest absolute Gasteiger partial charge is 0.274 e. The van der Waals surface area contributed by atoms with Crippen LogP contribution in [0, 0.1) is 23.0 Å². The lowest BCUT2D eigenvalue weighted by atomic mass is 9.95. The highest BCUT2D eigenvalue weighted by Gasteiger charge is 2.28. The number of nitro benzene ring substituents is 1. The zero-order valence-corrected chi connectivity index (χ0v) is 16.2. The number of likely N-dealkylation sites (tertiary alicyclic amines) is 1. The minimum atomic E-state index is -0.456. The van der Waals surface area contributed by atoms with E-state index < -0.39 is 4.92 Å². The molecule has 0 saturated carbocycles. The van der Waals surface area contributed by atoms with Gasteiger partial charge in [-0.3, -0.25) is 24.6 Å². The zero-order valence-electron chi connectivity index (χ0n) is 16.2. The number of rotatable bonds is 7. The molecule has 8 nitrogen and oxygen atoms in total. The molecule has 2 amide bonds. The predicted molar refractivity (Wildman–Crippen MR) is 104 cm³/mol. The molecule has 1 heterocycles. The Morgan fingerprint density at radius 2 is 1.89 bits per heavy atom. The molecule has 0 aromatic heterocycles. The van der Waals surface area contributed by atoms with Crippen molar-refractivity contribution >= 4 is 23.2 Å². The van der Waals surface area contributed by atoms with Crippen molar-refractivity contribution < 1.29 is 14.5 Å². The first-order valence-corrected chi connectivity index (χ1v) is 9.41. The summed E-state index contributed by atoms with van der Waals surface area (Å²) < 4.78 is 0. The first kappa shape index (κ1) is 20.8. The highest BCUT2D eigenvalue weighted by atomic mass is 16.6. The van der Waals surface area contributed by atoms with Crippen molar-refractivity contribution in [2.24, 2.45) is 5.92 Å². The summed E-state index contributed by atoms with van der Waals surface area (Å²) in [5.74, 6) is 0.0293. The molecular weight excluding hydrogens is 348 g/mol. The average molecular weight is 376 g/mol. The number of anilines is 1. The maximum Gasteiger partial charge on any atom is 0.274 e. The van der Waals surface area contributed by atoms with Crippen molar-refractivity contribution in [1.29, 1.82) is 0 Å². The van der Waals surface area contributed by atoms with Crippen LogP contribution in [0.3, 0.4) is 0 Å². The molecule has 1 aromatic carbocycles. The van der Waals surface area contributed by atoms with Crippen LogP contribution in [0.15, 0.2) is 18.2 Å². The summed E-state index contributed by atoms with van der Waals surface area (Å²) in [5.41, 5.74) is 0.963. The van der Waals surface area contributed by atoms with Crippen molar-refractivity contribution in [3.63, 3.8) is 0 Å². The molecule has 0 radical (unpaired) electrons. The number of hydrogen-bond acceptors (Lipinski definition) is 5. The lowest BCUT2D eigenvalue weighted by molar-refractivity contribution is -0.385. The Morgan fingerprint density at radius 1 is 1.26 bits per heavy atom. The summed E-state index contributed by atoms with van der Waals surface area (Å²) in [6.45, 7) is 8.67. The van der Waals surface area contributed by atoms with Crippen molar-refractivity contribution in [2.75, 3.05) is 38.0 Å². The molecule has 0 bridgehead atoms. The molecule has 8 heteroatoms. The molecule has 1 N–H and O–H groups in total. The molecule has 0 aliphatic carbocycles. The number of amides is 2. The number of benzene rings is 1. The Kier molecular flexibility index (Phi) is 7.29. The second-order valence-electron chi connectivity index (χ2n) is 6.87. The van der Waals surface area contributed by atoms with Gasteiger partial charge in [-0.15, -0.1) is 0 Å². The number of nitrogens with one attached hydrogen (secondary N) is 1. The van der Waals surface area contributed by atoms with Crippen molar-refractivity contribution in [3.8, 4) is 0 Å². The molecule has 1 aliphatic rings. The number of carbonyl (C=O) groups excluding carboxylic acids is 2. The van der Waals surface area contributed by atoms with E-state index in [1.54, 1.807) is 19.1 Å². The normalized spacial score (nSPS) is 15.4. The van der Waals surface area contributed by atoms with Crippen LogP contribution in [0.1, 0.15) is 32.3 Å². The highest BCUT2D eigenvalue weighted by Crippen LogP contribution is 2.23. The van der Waals surface area contributed by atoms with E-state index in [1.165, 1.54) is 6.07 Å². The Balaban J connectivity index is 1.85. The molecule has 1 aliphatic heterocycles. The molecule has 0 atom stereocenters. The minimum Gasteiger partial charge on any atom is -0.343 e. The number of aryl methyl sites for hydroxylation is 1. The third kappa shape index (κ3) is 5.50. The molecular formula is C19H28N4O4. The first-order chi connectivity index (χ1) is 12.8. The molecule has 1 fully saturated rings. The molecule has 2 rings (SSSR count). The van der Waals surface area contributed by atoms with Gasteiger partial charge in [-0.1, -0.05) is 6.07 Å². The van der Waals surface area contributed by atoms with Gasteiger partial charge in [0.15, 0.2) is 0 Å². The maximum atomic E-state index is 12.4. The quantitative estimate of drug-likeness (QED) is 0.582. The Labute approximate surface area is 159 Å². The van der Waals surface area contributed by atoms with E-state index in [0.29, 0.717) is 24.3 Å². The summed E-state index contributed by atoms with van der Waals surface area (Å²) in [5, 5.41) is 13.7. The number of carbonyl (C=O) groups is 2. The van der Waals surface area contributed by atoms with Gasteiger partial charge in [0.25, 0.3) is 5.69 Å². The van der Waals surface area contributed by atoms with Crippen LogP contribution in [0.4, 0.5) is 11.4 Å². The number of hydrogen-bond donors (Lipinski definition) is 1. The van der Waals surface area contributed by atoms with Gasteiger partial charge in [-0.05, 0) is 52.8 Å². The number of piperidine rings is 1. The van der Waals surface area contributed by atoms with Gasteiger partial charge in [0.1, 0.15) is 0 Å². The Bertz CT molecular complexity index is 695. The van der Waals surface area contributed by atoms with Gasteiger partial charge >= 0.3 is 0 Å². The largest absolute Gasteiger partial charge is 0.343 e. The fraction of sp³-hybridized carbons (Fsp3) is 0.579. The lowest BCUT2D eigenvalue weighted by Gasteiger charge is -2.33. The van der Waals surface area contributed by atoms with E-state index in [4.69, 9.17) is 0 Å². The Hall–Kier alpha value is -2.48. The predicted octanol–water partition coefficient (Wildman–Crippen LogP) is 2.42. The van der Waals surface area contributed by atoms with Gasteiger partial charge < -0.3 is 10.2 Å². The molecule has 0 spiro atoms. The van der Waals surface area contributed by atoms with Gasteiger partial charge in [-0.25, -0.2) is 0 Å². The van der Waals surface area contributed by atoms with E-state index in [0.717, 1.165) is 25.9 Å². The van der Waals surface area contributed by atoms with Gasteiger partial charge in [-0.2, -0.15) is 0 Å². The van der Waals surface area contributed by atoms with Crippen molar-refractivity contribution in [3.05, 3.63) is 33.9 Å². The van der Waals surface area contributed by atoms with Crippen LogP contribution in [0.2, 0.25) is 0 Å². The standard InChI is InChI=1S/C19H28N4O4/c1-4-22(5-2)19(25)15-8-10-21(11-9-15)13-18(24)20-16-7-6-14(3)17(12-16)23(26)27/h6-7,12,15H,4-5,8-11,13H2,1-3H3,(H,20,24). The second kappa shape index (κ2) is 9.45. The lowest BCUT2D eigenvalue weighted by Crippen LogP contribution is -2.44. The highest BCUT2D eigenvalue weighted by molar-refractivity contribution is 5.92. The van der Waals surface area contributed by atoms with Crippen molar-refractivity contribution in [2.45, 2.75) is 33.6 Å². The summed E-state index contributed by atoms with van der Waals surface area (Å²) >= 11 is 0. The van der Waals surface area contributed by atoms with Crippen LogP contribution in [0.5, 0.6) is 0 Å². The third-order valence-corrected chi connectivity index (χ3v) is 5.07. The number of nitrogens with zero attached hydrogens (tertiary/aromatic N) is 3. The monoisotopic (exact) mass is 376 g/mol. The minimum absolute atomic E-state index is 0.0106. The summed E-state index contributed by atoms with van der Waals surface area (Å²) in [7, 11) is 0. The van der Waals surface area contributed by atoms with Crippen LogP contribution >= 0.6 is 0 Å². The van der Waals surface area contributed by atoms with E-state index in [2.05, 4.69) is 5.32 Å². The van der Waals surface area contributed by atoms with Crippen LogP contribution in [0.25, 0.3) is 0 Å². The Morgan fingerprint density at radius 3 is 2.44 bits per heavy atom. The summed E-state index contributed by atoms with van der Waals surface area (Å²) in [6, 6.07) is 4.66. The third-order valence-electron chi connectivity index (χ3n) is 5.07. The molecule has 0 unspecified atom stereocenters. The number of nitro groups is 1. The fourth-order valence-electron chi connectivity index (χ4n) is 3.42. The molecule has 1 saturated heterocycles. The summed E-state index contributed by atoms with van der Waals surface area (Å²) in [4.78, 5) is 39.1.